The Kier molecular flexibility index (Phi) is 7.71. The van der Waals surface area contributed by atoms with Crippen molar-refractivity contribution in [1.82, 2.24) is 5.32 Å². The van der Waals surface area contributed by atoms with Crippen molar-refractivity contribution in [3.63, 3.8) is 0 Å². The first-order valence-corrected chi connectivity index (χ1v) is 6.25. The van der Waals surface area contributed by atoms with Gasteiger partial charge in [-0.05, 0) is 38.9 Å². The molecule has 1 atom stereocenters. The van der Waals surface area contributed by atoms with E-state index in [4.69, 9.17) is 13.9 Å². The third-order valence-corrected chi connectivity index (χ3v) is 2.37. The van der Waals surface area contributed by atoms with Crippen molar-refractivity contribution in [3.05, 3.63) is 24.2 Å². The second-order valence-electron chi connectivity index (χ2n) is 3.96. The van der Waals surface area contributed by atoms with Crippen LogP contribution in [0.15, 0.2) is 22.8 Å². The summed E-state index contributed by atoms with van der Waals surface area (Å²) in [6.45, 7) is 8.04. The van der Waals surface area contributed by atoms with Crippen LogP contribution in [-0.2, 0) is 16.1 Å². The van der Waals surface area contributed by atoms with Gasteiger partial charge in [0, 0.05) is 19.8 Å². The predicted molar refractivity (Wildman–Crippen MR) is 66.9 cm³/mol. The Morgan fingerprint density at radius 2 is 2.35 bits per heavy atom. The van der Waals surface area contributed by atoms with E-state index >= 15 is 0 Å². The summed E-state index contributed by atoms with van der Waals surface area (Å²) in [6.07, 6.45) is 2.89. The van der Waals surface area contributed by atoms with Crippen LogP contribution in [-0.4, -0.2) is 32.4 Å². The minimum atomic E-state index is 0.187. The molecule has 0 radical (unpaired) electrons. The highest BCUT2D eigenvalue weighted by atomic mass is 16.5. The molecule has 0 saturated carbocycles. The smallest absolute Gasteiger partial charge is 0.129 e. The number of furan rings is 1. The van der Waals surface area contributed by atoms with Crippen LogP contribution in [0, 0.1) is 0 Å². The first-order chi connectivity index (χ1) is 8.33. The topological polar surface area (TPSA) is 43.6 Å². The lowest BCUT2D eigenvalue weighted by Crippen LogP contribution is -2.28. The zero-order chi connectivity index (χ0) is 12.3. The number of hydrogen-bond acceptors (Lipinski definition) is 4. The Labute approximate surface area is 103 Å². The Hall–Kier alpha value is -0.840. The van der Waals surface area contributed by atoms with Crippen molar-refractivity contribution in [3.8, 4) is 0 Å². The maximum atomic E-state index is 5.63. The highest BCUT2D eigenvalue weighted by Crippen LogP contribution is 2.03. The van der Waals surface area contributed by atoms with Crippen molar-refractivity contribution < 1.29 is 13.9 Å². The molecule has 0 spiro atoms. The SMILES string of the molecule is CCOCCCNCC(C)OCc1ccco1. The fourth-order valence-corrected chi connectivity index (χ4v) is 1.43. The average molecular weight is 241 g/mol. The normalized spacial score (nSPS) is 12.8. The molecule has 1 unspecified atom stereocenters. The van der Waals surface area contributed by atoms with E-state index in [-0.39, 0.29) is 6.10 Å². The van der Waals surface area contributed by atoms with E-state index in [9.17, 15) is 0 Å². The van der Waals surface area contributed by atoms with Crippen LogP contribution < -0.4 is 5.32 Å². The summed E-state index contributed by atoms with van der Waals surface area (Å²) in [5.74, 6) is 0.869. The number of rotatable bonds is 10. The van der Waals surface area contributed by atoms with Crippen LogP contribution in [0.5, 0.6) is 0 Å². The van der Waals surface area contributed by atoms with Gasteiger partial charge in [0.25, 0.3) is 0 Å². The molecule has 4 nitrogen and oxygen atoms in total. The number of nitrogens with one attached hydrogen (secondary N) is 1. The van der Waals surface area contributed by atoms with Crippen LogP contribution in [0.2, 0.25) is 0 Å². The van der Waals surface area contributed by atoms with Gasteiger partial charge in [-0.15, -0.1) is 0 Å². The molecule has 0 aromatic carbocycles. The van der Waals surface area contributed by atoms with Gasteiger partial charge in [-0.25, -0.2) is 0 Å². The van der Waals surface area contributed by atoms with Gasteiger partial charge in [-0.2, -0.15) is 0 Å². The maximum absolute atomic E-state index is 5.63. The fourth-order valence-electron chi connectivity index (χ4n) is 1.43. The predicted octanol–water partition coefficient (Wildman–Crippen LogP) is 2.20. The van der Waals surface area contributed by atoms with Gasteiger partial charge < -0.3 is 19.2 Å². The van der Waals surface area contributed by atoms with Crippen molar-refractivity contribution in [2.45, 2.75) is 33.0 Å². The molecular weight excluding hydrogens is 218 g/mol. The molecule has 1 rings (SSSR count). The van der Waals surface area contributed by atoms with Gasteiger partial charge >= 0.3 is 0 Å². The van der Waals surface area contributed by atoms with Gasteiger partial charge in [0.15, 0.2) is 0 Å². The van der Waals surface area contributed by atoms with Crippen molar-refractivity contribution >= 4 is 0 Å². The molecule has 1 aromatic heterocycles. The summed E-state index contributed by atoms with van der Waals surface area (Å²) >= 11 is 0. The quantitative estimate of drug-likeness (QED) is 0.638. The molecular formula is C13H23NO3. The number of hydrogen-bond donors (Lipinski definition) is 1. The second kappa shape index (κ2) is 9.22. The van der Waals surface area contributed by atoms with E-state index < -0.39 is 0 Å². The molecule has 0 saturated heterocycles. The van der Waals surface area contributed by atoms with Crippen LogP contribution in [0.3, 0.4) is 0 Å². The lowest BCUT2D eigenvalue weighted by Gasteiger charge is -2.13. The van der Waals surface area contributed by atoms with Gasteiger partial charge in [-0.3, -0.25) is 0 Å². The van der Waals surface area contributed by atoms with Crippen molar-refractivity contribution in [1.29, 1.82) is 0 Å². The van der Waals surface area contributed by atoms with Crippen LogP contribution in [0.1, 0.15) is 26.0 Å². The van der Waals surface area contributed by atoms with Crippen LogP contribution >= 0.6 is 0 Å². The average Bonchev–Trinajstić information content (AvgIpc) is 2.84. The molecule has 0 aliphatic rings. The van der Waals surface area contributed by atoms with E-state index in [0.29, 0.717) is 6.61 Å². The highest BCUT2D eigenvalue weighted by molar-refractivity contribution is 4.96. The van der Waals surface area contributed by atoms with E-state index in [1.165, 1.54) is 0 Å². The maximum Gasteiger partial charge on any atom is 0.129 e. The molecule has 0 fully saturated rings. The molecule has 0 amide bonds. The molecule has 1 N–H and O–H groups in total. The summed E-state index contributed by atoms with van der Waals surface area (Å²) in [5, 5.41) is 3.34. The Morgan fingerprint density at radius 1 is 1.47 bits per heavy atom. The lowest BCUT2D eigenvalue weighted by molar-refractivity contribution is 0.0426. The second-order valence-corrected chi connectivity index (χ2v) is 3.96. The first kappa shape index (κ1) is 14.2. The summed E-state index contributed by atoms with van der Waals surface area (Å²) in [4.78, 5) is 0. The molecule has 0 aliphatic heterocycles. The molecule has 1 heterocycles. The minimum Gasteiger partial charge on any atom is -0.467 e. The summed E-state index contributed by atoms with van der Waals surface area (Å²) < 4.78 is 16.1. The highest BCUT2D eigenvalue weighted by Gasteiger charge is 2.03. The molecule has 17 heavy (non-hydrogen) atoms. The summed E-state index contributed by atoms with van der Waals surface area (Å²) in [7, 11) is 0. The third kappa shape index (κ3) is 7.15. The first-order valence-electron chi connectivity index (χ1n) is 6.25. The molecule has 4 heteroatoms. The van der Waals surface area contributed by atoms with Crippen LogP contribution in [0.25, 0.3) is 0 Å². The Bertz CT molecular complexity index is 262. The lowest BCUT2D eigenvalue weighted by atomic mass is 10.3. The van der Waals surface area contributed by atoms with Crippen LogP contribution in [0.4, 0.5) is 0 Å². The number of ether oxygens (including phenoxy) is 2. The van der Waals surface area contributed by atoms with Gasteiger partial charge in [0.2, 0.25) is 0 Å². The fraction of sp³-hybridized carbons (Fsp3) is 0.692. The molecule has 1 aromatic rings. The monoisotopic (exact) mass is 241 g/mol. The van der Waals surface area contributed by atoms with E-state index in [2.05, 4.69) is 12.2 Å². The van der Waals surface area contributed by atoms with E-state index in [1.807, 2.05) is 19.1 Å². The summed E-state index contributed by atoms with van der Waals surface area (Å²) in [6, 6.07) is 3.79. The van der Waals surface area contributed by atoms with Crippen molar-refractivity contribution in [2.24, 2.45) is 0 Å². The van der Waals surface area contributed by atoms with Gasteiger partial charge in [0.05, 0.1) is 12.4 Å². The zero-order valence-electron chi connectivity index (χ0n) is 10.8. The van der Waals surface area contributed by atoms with E-state index in [0.717, 1.165) is 38.5 Å². The largest absolute Gasteiger partial charge is 0.467 e. The molecule has 0 aliphatic carbocycles. The van der Waals surface area contributed by atoms with Gasteiger partial charge in [-0.1, -0.05) is 0 Å². The molecule has 98 valence electrons. The third-order valence-electron chi connectivity index (χ3n) is 2.37. The minimum absolute atomic E-state index is 0.187. The van der Waals surface area contributed by atoms with E-state index in [1.54, 1.807) is 6.26 Å². The van der Waals surface area contributed by atoms with Gasteiger partial charge in [0.1, 0.15) is 12.4 Å². The zero-order valence-corrected chi connectivity index (χ0v) is 10.8. The Balaban J connectivity index is 1.92. The van der Waals surface area contributed by atoms with Crippen molar-refractivity contribution in [2.75, 3.05) is 26.3 Å². The standard InChI is InChI=1S/C13H23NO3/c1-3-15-8-5-7-14-10-12(2)17-11-13-6-4-9-16-13/h4,6,9,12,14H,3,5,7-8,10-11H2,1-2H3. The molecule has 0 bridgehead atoms. The Morgan fingerprint density at radius 3 is 3.06 bits per heavy atom. The summed E-state index contributed by atoms with van der Waals surface area (Å²) in [5.41, 5.74) is 0.